The number of nitrogens with one attached hydrogen (secondary N) is 1. The fraction of sp³-hybridized carbons (Fsp3) is 1.00. The molecule has 0 spiro atoms. The van der Waals surface area contributed by atoms with Gasteiger partial charge in [0.05, 0.1) is 0 Å². The van der Waals surface area contributed by atoms with Crippen LogP contribution < -0.4 is 11.1 Å². The second-order valence-electron chi connectivity index (χ2n) is 4.85. The van der Waals surface area contributed by atoms with E-state index in [1.54, 1.807) is 0 Å². The fourth-order valence-corrected chi connectivity index (χ4v) is 2.44. The molecule has 0 radical (unpaired) electrons. The molecule has 14 heavy (non-hydrogen) atoms. The van der Waals surface area contributed by atoms with Crippen molar-refractivity contribution in [3.05, 3.63) is 0 Å². The van der Waals surface area contributed by atoms with E-state index in [9.17, 15) is 0 Å². The highest BCUT2D eigenvalue weighted by atomic mass is 15.0. The fourth-order valence-electron chi connectivity index (χ4n) is 2.44. The van der Waals surface area contributed by atoms with E-state index < -0.39 is 0 Å². The van der Waals surface area contributed by atoms with E-state index in [4.69, 9.17) is 5.73 Å². The minimum absolute atomic E-state index is 0.256. The van der Waals surface area contributed by atoms with Crippen molar-refractivity contribution in [2.75, 3.05) is 6.54 Å². The summed E-state index contributed by atoms with van der Waals surface area (Å²) in [7, 11) is 0. The second kappa shape index (κ2) is 5.72. The van der Waals surface area contributed by atoms with Crippen LogP contribution in [0.15, 0.2) is 0 Å². The molecule has 0 amide bonds. The Bertz CT molecular complexity index is 148. The average Bonchev–Trinajstić information content (AvgIpc) is 2.44. The molecule has 1 unspecified atom stereocenters. The van der Waals surface area contributed by atoms with Crippen molar-refractivity contribution in [2.24, 2.45) is 5.73 Å². The van der Waals surface area contributed by atoms with Gasteiger partial charge in [0, 0.05) is 18.1 Å². The quantitative estimate of drug-likeness (QED) is 0.681. The first kappa shape index (κ1) is 12.0. The van der Waals surface area contributed by atoms with Gasteiger partial charge < -0.3 is 11.1 Å². The maximum atomic E-state index is 5.95. The smallest absolute Gasteiger partial charge is 0.0306 e. The van der Waals surface area contributed by atoms with Gasteiger partial charge in [0.1, 0.15) is 0 Å². The predicted octanol–water partition coefficient (Wildman–Crippen LogP) is 2.43. The Morgan fingerprint density at radius 2 is 1.79 bits per heavy atom. The molecule has 0 bridgehead atoms. The van der Waals surface area contributed by atoms with Gasteiger partial charge >= 0.3 is 0 Å². The topological polar surface area (TPSA) is 38.0 Å². The van der Waals surface area contributed by atoms with Crippen LogP contribution in [0.5, 0.6) is 0 Å². The Hall–Kier alpha value is -0.0800. The van der Waals surface area contributed by atoms with Crippen LogP contribution in [0.3, 0.4) is 0 Å². The third-order valence-electron chi connectivity index (χ3n) is 3.62. The lowest BCUT2D eigenvalue weighted by Gasteiger charge is -2.35. The van der Waals surface area contributed by atoms with Gasteiger partial charge in [-0.15, -0.1) is 0 Å². The molecule has 0 aromatic heterocycles. The molecule has 84 valence electrons. The molecule has 2 heteroatoms. The highest BCUT2D eigenvalue weighted by Crippen LogP contribution is 2.26. The summed E-state index contributed by atoms with van der Waals surface area (Å²) in [6.45, 7) is 5.30. The number of rotatable bonds is 4. The highest BCUT2D eigenvalue weighted by Gasteiger charge is 2.29. The first-order valence-electron chi connectivity index (χ1n) is 6.20. The molecule has 2 nitrogen and oxygen atoms in total. The van der Waals surface area contributed by atoms with E-state index >= 15 is 0 Å². The predicted molar refractivity (Wildman–Crippen MR) is 62.4 cm³/mol. The first-order chi connectivity index (χ1) is 6.72. The van der Waals surface area contributed by atoms with Gasteiger partial charge in [0.2, 0.25) is 0 Å². The van der Waals surface area contributed by atoms with Crippen molar-refractivity contribution in [1.29, 1.82) is 0 Å². The molecule has 1 saturated carbocycles. The number of nitrogens with two attached hydrogens (primary N) is 1. The van der Waals surface area contributed by atoms with E-state index in [1.807, 2.05) is 0 Å². The molecular formula is C12H26N2. The largest absolute Gasteiger partial charge is 0.329 e. The lowest BCUT2D eigenvalue weighted by atomic mass is 9.89. The summed E-state index contributed by atoms with van der Waals surface area (Å²) in [5.41, 5.74) is 6.20. The lowest BCUT2D eigenvalue weighted by Crippen LogP contribution is -2.54. The van der Waals surface area contributed by atoms with Gasteiger partial charge in [-0.2, -0.15) is 0 Å². The Morgan fingerprint density at radius 1 is 1.21 bits per heavy atom. The van der Waals surface area contributed by atoms with E-state index in [1.165, 1.54) is 44.9 Å². The molecule has 3 N–H and O–H groups in total. The summed E-state index contributed by atoms with van der Waals surface area (Å²) in [4.78, 5) is 0. The minimum Gasteiger partial charge on any atom is -0.329 e. The summed E-state index contributed by atoms with van der Waals surface area (Å²) in [5, 5.41) is 3.75. The third kappa shape index (κ3) is 3.25. The monoisotopic (exact) mass is 198 g/mol. The summed E-state index contributed by atoms with van der Waals surface area (Å²) in [5.74, 6) is 0. The summed E-state index contributed by atoms with van der Waals surface area (Å²) >= 11 is 0. The van der Waals surface area contributed by atoms with E-state index in [0.29, 0.717) is 6.04 Å². The van der Waals surface area contributed by atoms with Crippen molar-refractivity contribution in [3.63, 3.8) is 0 Å². The average molecular weight is 198 g/mol. The third-order valence-corrected chi connectivity index (χ3v) is 3.62. The van der Waals surface area contributed by atoms with Crippen molar-refractivity contribution in [3.8, 4) is 0 Å². The van der Waals surface area contributed by atoms with Crippen LogP contribution >= 0.6 is 0 Å². The van der Waals surface area contributed by atoms with Gasteiger partial charge in [-0.1, -0.05) is 32.6 Å². The molecule has 1 aliphatic carbocycles. The van der Waals surface area contributed by atoms with Gasteiger partial charge in [-0.25, -0.2) is 0 Å². The van der Waals surface area contributed by atoms with Crippen molar-refractivity contribution in [2.45, 2.75) is 70.4 Å². The molecule has 1 atom stereocenters. The minimum atomic E-state index is 0.256. The maximum Gasteiger partial charge on any atom is 0.0306 e. The zero-order valence-corrected chi connectivity index (χ0v) is 9.81. The van der Waals surface area contributed by atoms with Crippen LogP contribution in [0.1, 0.15) is 58.8 Å². The second-order valence-corrected chi connectivity index (χ2v) is 4.85. The molecule has 1 rings (SSSR count). The SMILES string of the molecule is CCC(C)NC1(CN)CCCCCC1. The van der Waals surface area contributed by atoms with Gasteiger partial charge in [-0.05, 0) is 26.2 Å². The molecule has 0 aromatic rings. The van der Waals surface area contributed by atoms with Gasteiger partial charge in [-0.3, -0.25) is 0 Å². The molecular weight excluding hydrogens is 172 g/mol. The van der Waals surface area contributed by atoms with E-state index in [0.717, 1.165) is 6.54 Å². The molecule has 1 aliphatic rings. The molecule has 0 aliphatic heterocycles. The first-order valence-corrected chi connectivity index (χ1v) is 6.20. The maximum absolute atomic E-state index is 5.95. The van der Waals surface area contributed by atoms with Crippen LogP contribution in [-0.4, -0.2) is 18.1 Å². The van der Waals surface area contributed by atoms with Crippen molar-refractivity contribution in [1.82, 2.24) is 5.32 Å². The molecule has 0 aromatic carbocycles. The summed E-state index contributed by atoms with van der Waals surface area (Å²) in [6, 6.07) is 0.608. The number of hydrogen-bond acceptors (Lipinski definition) is 2. The summed E-state index contributed by atoms with van der Waals surface area (Å²) < 4.78 is 0. The zero-order chi connectivity index (χ0) is 10.4. The zero-order valence-electron chi connectivity index (χ0n) is 9.81. The van der Waals surface area contributed by atoms with Crippen molar-refractivity contribution >= 4 is 0 Å². The number of hydrogen-bond donors (Lipinski definition) is 2. The van der Waals surface area contributed by atoms with Crippen LogP contribution in [0, 0.1) is 0 Å². The van der Waals surface area contributed by atoms with E-state index in [-0.39, 0.29) is 5.54 Å². The highest BCUT2D eigenvalue weighted by molar-refractivity contribution is 4.92. The Balaban J connectivity index is 2.53. The van der Waals surface area contributed by atoms with Crippen LogP contribution in [0.4, 0.5) is 0 Å². The van der Waals surface area contributed by atoms with Crippen LogP contribution in [0.2, 0.25) is 0 Å². The van der Waals surface area contributed by atoms with E-state index in [2.05, 4.69) is 19.2 Å². The standard InChI is InChI=1S/C12H26N2/c1-3-11(2)14-12(10-13)8-6-4-5-7-9-12/h11,14H,3-10,13H2,1-2H3. The van der Waals surface area contributed by atoms with Crippen LogP contribution in [0.25, 0.3) is 0 Å². The molecule has 0 saturated heterocycles. The Labute approximate surface area is 88.6 Å². The van der Waals surface area contributed by atoms with Crippen molar-refractivity contribution < 1.29 is 0 Å². The molecule has 0 heterocycles. The normalized spacial score (nSPS) is 24.2. The molecule has 1 fully saturated rings. The Kier molecular flexibility index (Phi) is 4.90. The lowest BCUT2D eigenvalue weighted by molar-refractivity contribution is 0.261. The van der Waals surface area contributed by atoms with Gasteiger partial charge in [0.15, 0.2) is 0 Å². The Morgan fingerprint density at radius 3 is 2.21 bits per heavy atom. The summed E-state index contributed by atoms with van der Waals surface area (Å²) in [6.07, 6.45) is 9.22. The van der Waals surface area contributed by atoms with Crippen LogP contribution in [-0.2, 0) is 0 Å². The van der Waals surface area contributed by atoms with Gasteiger partial charge in [0.25, 0.3) is 0 Å².